The lowest BCUT2D eigenvalue weighted by atomic mass is 10.2. The average molecular weight is 469 g/mol. The Morgan fingerprint density at radius 3 is 2.43 bits per heavy atom. The van der Waals surface area contributed by atoms with Gasteiger partial charge in [0.1, 0.15) is 5.82 Å². The minimum absolute atomic E-state index is 0.284. The summed E-state index contributed by atoms with van der Waals surface area (Å²) in [6, 6.07) is 9.46. The van der Waals surface area contributed by atoms with Gasteiger partial charge >= 0.3 is 0 Å². The molecule has 2 aromatic carbocycles. The van der Waals surface area contributed by atoms with Crippen LogP contribution >= 0.6 is 66.7 Å². The molecule has 0 aliphatic carbocycles. The summed E-state index contributed by atoms with van der Waals surface area (Å²) in [4.78, 5) is 4.53. The molecule has 0 saturated carbocycles. The highest BCUT2D eigenvalue weighted by Crippen LogP contribution is 2.33. The van der Waals surface area contributed by atoms with Crippen molar-refractivity contribution in [1.82, 2.24) is 9.55 Å². The Morgan fingerprint density at radius 2 is 1.76 bits per heavy atom. The molecule has 0 amide bonds. The van der Waals surface area contributed by atoms with E-state index in [1.807, 2.05) is 22.8 Å². The van der Waals surface area contributed by atoms with Crippen LogP contribution in [0.15, 0.2) is 39.3 Å². The average Bonchev–Trinajstić information content (AvgIpc) is 2.77. The summed E-state index contributed by atoms with van der Waals surface area (Å²) in [5.74, 6) is 1.01. The van der Waals surface area contributed by atoms with Gasteiger partial charge in [0.25, 0.3) is 0 Å². The maximum absolute atomic E-state index is 6.14. The highest BCUT2D eigenvalue weighted by molar-refractivity contribution is 9.11. The van der Waals surface area contributed by atoms with Crippen LogP contribution in [0, 0.1) is 0 Å². The van der Waals surface area contributed by atoms with E-state index in [0.717, 1.165) is 31.5 Å². The fraction of sp³-hybridized carbons (Fsp3) is 0.0714. The number of halogens is 5. The van der Waals surface area contributed by atoms with E-state index in [9.17, 15) is 0 Å². The summed E-state index contributed by atoms with van der Waals surface area (Å²) >= 11 is 25.3. The minimum atomic E-state index is 0.284. The second-order valence-corrected chi connectivity index (χ2v) is 7.20. The van der Waals surface area contributed by atoms with Gasteiger partial charge in [-0.25, -0.2) is 4.98 Å². The molecule has 108 valence electrons. The van der Waals surface area contributed by atoms with Gasteiger partial charge in [0.05, 0.1) is 32.6 Å². The van der Waals surface area contributed by atoms with Crippen molar-refractivity contribution in [1.29, 1.82) is 0 Å². The normalized spacial score (nSPS) is 11.3. The molecule has 0 N–H and O–H groups in total. The summed E-state index contributed by atoms with van der Waals surface area (Å²) in [5, 5.41) is 0.962. The zero-order valence-corrected chi connectivity index (χ0v) is 15.8. The van der Waals surface area contributed by atoms with Crippen LogP contribution in [0.25, 0.3) is 16.7 Å². The molecule has 0 fully saturated rings. The summed E-state index contributed by atoms with van der Waals surface area (Å²) in [7, 11) is 0. The number of benzene rings is 2. The van der Waals surface area contributed by atoms with Crippen molar-refractivity contribution in [3.8, 4) is 5.69 Å². The van der Waals surface area contributed by atoms with Gasteiger partial charge in [0.2, 0.25) is 0 Å². The fourth-order valence-electron chi connectivity index (χ4n) is 2.14. The zero-order valence-electron chi connectivity index (χ0n) is 10.4. The molecular weight excluding hydrogens is 462 g/mol. The van der Waals surface area contributed by atoms with Crippen LogP contribution in [0.5, 0.6) is 0 Å². The van der Waals surface area contributed by atoms with Crippen molar-refractivity contribution >= 4 is 77.7 Å². The lowest BCUT2D eigenvalue weighted by molar-refractivity contribution is 0.977. The van der Waals surface area contributed by atoms with Gasteiger partial charge < -0.3 is 0 Å². The molecule has 0 aliphatic heterocycles. The quantitative estimate of drug-likeness (QED) is 0.387. The lowest BCUT2D eigenvalue weighted by Gasteiger charge is -2.11. The van der Waals surface area contributed by atoms with E-state index in [2.05, 4.69) is 36.8 Å². The molecule has 2 nitrogen and oxygen atoms in total. The van der Waals surface area contributed by atoms with Crippen molar-refractivity contribution in [2.75, 3.05) is 0 Å². The van der Waals surface area contributed by atoms with Crippen molar-refractivity contribution in [3.05, 3.63) is 55.1 Å². The van der Waals surface area contributed by atoms with Crippen molar-refractivity contribution in [2.45, 2.75) is 5.88 Å². The summed E-state index contributed by atoms with van der Waals surface area (Å²) in [5.41, 5.74) is 2.56. The molecule has 0 unspecified atom stereocenters. The van der Waals surface area contributed by atoms with Crippen LogP contribution < -0.4 is 0 Å². The van der Waals surface area contributed by atoms with Gasteiger partial charge in [-0.2, -0.15) is 0 Å². The Labute approximate surface area is 153 Å². The lowest BCUT2D eigenvalue weighted by Crippen LogP contribution is -2.00. The topological polar surface area (TPSA) is 17.8 Å². The van der Waals surface area contributed by atoms with Crippen LogP contribution in [-0.4, -0.2) is 9.55 Å². The van der Waals surface area contributed by atoms with Crippen molar-refractivity contribution < 1.29 is 0 Å². The number of hydrogen-bond acceptors (Lipinski definition) is 1. The maximum Gasteiger partial charge on any atom is 0.129 e. The van der Waals surface area contributed by atoms with Gasteiger partial charge in [-0.3, -0.25) is 4.57 Å². The van der Waals surface area contributed by atoms with E-state index in [-0.39, 0.29) is 5.88 Å². The third-order valence-electron chi connectivity index (χ3n) is 3.04. The number of fused-ring (bicyclic) bond motifs is 1. The fourth-order valence-corrected chi connectivity index (χ4v) is 3.86. The largest absolute Gasteiger partial charge is 0.294 e. The van der Waals surface area contributed by atoms with E-state index < -0.39 is 0 Å². The minimum Gasteiger partial charge on any atom is -0.294 e. The van der Waals surface area contributed by atoms with E-state index in [4.69, 9.17) is 34.8 Å². The summed E-state index contributed by atoms with van der Waals surface area (Å²) in [6.07, 6.45) is 0. The Kier molecular flexibility index (Phi) is 4.53. The van der Waals surface area contributed by atoms with Crippen molar-refractivity contribution in [3.63, 3.8) is 0 Å². The first-order chi connectivity index (χ1) is 10.0. The van der Waals surface area contributed by atoms with Gasteiger partial charge in [0.15, 0.2) is 0 Å². The summed E-state index contributed by atoms with van der Waals surface area (Å²) in [6.45, 7) is 0. The highest BCUT2D eigenvalue weighted by atomic mass is 79.9. The Morgan fingerprint density at radius 1 is 1.05 bits per heavy atom. The van der Waals surface area contributed by atoms with Crippen LogP contribution in [-0.2, 0) is 5.88 Å². The van der Waals surface area contributed by atoms with Gasteiger partial charge in [-0.15, -0.1) is 11.6 Å². The number of imidazole rings is 1. The smallest absolute Gasteiger partial charge is 0.129 e. The van der Waals surface area contributed by atoms with Gasteiger partial charge in [-0.05, 0) is 46.3 Å². The SMILES string of the molecule is ClCc1nc2cc(Cl)c(Cl)cc2n1-c1ccc(Br)cc1Br. The standard InChI is InChI=1S/C14H7Br2Cl3N2/c15-7-1-2-12(8(16)3-7)21-13-5-10(19)9(18)4-11(13)20-14(21)6-17/h1-5H,6H2. The molecule has 7 heteroatoms. The van der Waals surface area contributed by atoms with Crippen LogP contribution in [0.2, 0.25) is 10.0 Å². The second-order valence-electron chi connectivity index (χ2n) is 4.35. The molecule has 1 heterocycles. The summed E-state index contributed by atoms with van der Waals surface area (Å²) < 4.78 is 3.88. The van der Waals surface area contributed by atoms with Crippen LogP contribution in [0.3, 0.4) is 0 Å². The van der Waals surface area contributed by atoms with E-state index in [1.165, 1.54) is 0 Å². The number of nitrogens with zero attached hydrogens (tertiary/aromatic N) is 2. The number of rotatable bonds is 2. The molecule has 0 spiro atoms. The number of aromatic nitrogens is 2. The number of alkyl halides is 1. The maximum atomic E-state index is 6.14. The zero-order chi connectivity index (χ0) is 15.1. The Balaban J connectivity index is 2.37. The first kappa shape index (κ1) is 15.6. The Hall–Kier alpha value is -0.260. The number of hydrogen-bond donors (Lipinski definition) is 0. The monoisotopic (exact) mass is 466 g/mol. The third-order valence-corrected chi connectivity index (χ3v) is 5.13. The van der Waals surface area contributed by atoms with Crippen LogP contribution in [0.4, 0.5) is 0 Å². The van der Waals surface area contributed by atoms with Gasteiger partial charge in [0, 0.05) is 8.95 Å². The molecule has 0 atom stereocenters. The molecule has 0 bridgehead atoms. The molecule has 21 heavy (non-hydrogen) atoms. The van der Waals surface area contributed by atoms with Gasteiger partial charge in [-0.1, -0.05) is 39.1 Å². The second kappa shape index (κ2) is 6.09. The highest BCUT2D eigenvalue weighted by Gasteiger charge is 2.15. The van der Waals surface area contributed by atoms with E-state index in [0.29, 0.717) is 10.0 Å². The van der Waals surface area contributed by atoms with Crippen LogP contribution in [0.1, 0.15) is 5.82 Å². The molecule has 1 aromatic heterocycles. The van der Waals surface area contributed by atoms with E-state index >= 15 is 0 Å². The Bertz CT molecular complexity index is 846. The molecule has 3 aromatic rings. The molecule has 0 saturated heterocycles. The third kappa shape index (κ3) is 2.84. The molecule has 0 radical (unpaired) electrons. The molecule has 3 rings (SSSR count). The first-order valence-electron chi connectivity index (χ1n) is 5.89. The van der Waals surface area contributed by atoms with E-state index in [1.54, 1.807) is 12.1 Å². The molecular formula is C14H7Br2Cl3N2. The predicted molar refractivity (Wildman–Crippen MR) is 96.0 cm³/mol. The molecule has 0 aliphatic rings. The first-order valence-corrected chi connectivity index (χ1v) is 8.76. The predicted octanol–water partition coefficient (Wildman–Crippen LogP) is 6.60. The van der Waals surface area contributed by atoms with Crippen molar-refractivity contribution in [2.24, 2.45) is 0 Å².